The summed E-state index contributed by atoms with van der Waals surface area (Å²) in [6.07, 6.45) is 0. The van der Waals surface area contributed by atoms with Gasteiger partial charge in [0.1, 0.15) is 6.54 Å². The molecular weight excluding hydrogens is 288 g/mol. The summed E-state index contributed by atoms with van der Waals surface area (Å²) in [4.78, 5) is 21.0. The van der Waals surface area contributed by atoms with Crippen molar-refractivity contribution in [3.05, 3.63) is 34.4 Å². The van der Waals surface area contributed by atoms with Crippen molar-refractivity contribution < 1.29 is 22.9 Å². The molecule has 1 aromatic rings. The van der Waals surface area contributed by atoms with Crippen molar-refractivity contribution in [1.29, 1.82) is 0 Å². The van der Waals surface area contributed by atoms with E-state index < -0.39 is 27.5 Å². The molecule has 0 atom stereocenters. The summed E-state index contributed by atoms with van der Waals surface area (Å²) in [6.45, 7) is 1.35. The Balaban J connectivity index is 2.92. The number of rotatable bonds is 6. The Kier molecular flexibility index (Phi) is 5.17. The Hall–Kier alpha value is -2.00. The molecule has 0 spiro atoms. The van der Waals surface area contributed by atoms with E-state index in [4.69, 9.17) is 0 Å². The summed E-state index contributed by atoms with van der Waals surface area (Å²) >= 11 is 0. The van der Waals surface area contributed by atoms with E-state index in [2.05, 4.69) is 4.74 Å². The Bertz CT molecular complexity index is 596. The maximum Gasteiger partial charge on any atom is 0.321 e. The fourth-order valence-corrected chi connectivity index (χ4v) is 2.51. The maximum absolute atomic E-state index is 12.1. The number of nitro groups is 1. The minimum absolute atomic E-state index is 0.130. The van der Waals surface area contributed by atoms with E-state index in [1.165, 1.54) is 7.05 Å². The molecule has 8 nitrogen and oxygen atoms in total. The molecule has 0 aliphatic rings. The lowest BCUT2D eigenvalue weighted by atomic mass is 10.3. The van der Waals surface area contributed by atoms with Crippen LogP contribution in [0.3, 0.4) is 0 Å². The number of non-ortho nitro benzene ring substituents is 1. The van der Waals surface area contributed by atoms with Crippen LogP contribution in [0.5, 0.6) is 0 Å². The molecule has 0 amide bonds. The number of carbonyl (C=O) groups is 1. The van der Waals surface area contributed by atoms with E-state index >= 15 is 0 Å². The Morgan fingerprint density at radius 3 is 2.35 bits per heavy atom. The van der Waals surface area contributed by atoms with Crippen molar-refractivity contribution in [3.8, 4) is 0 Å². The average molecular weight is 302 g/mol. The minimum Gasteiger partial charge on any atom is -0.465 e. The van der Waals surface area contributed by atoms with Gasteiger partial charge in [-0.1, -0.05) is 0 Å². The zero-order valence-corrected chi connectivity index (χ0v) is 11.8. The smallest absolute Gasteiger partial charge is 0.321 e. The van der Waals surface area contributed by atoms with Gasteiger partial charge in [0.25, 0.3) is 5.69 Å². The Morgan fingerprint density at radius 1 is 1.35 bits per heavy atom. The van der Waals surface area contributed by atoms with Gasteiger partial charge in [-0.05, 0) is 19.1 Å². The van der Waals surface area contributed by atoms with Crippen LogP contribution < -0.4 is 0 Å². The van der Waals surface area contributed by atoms with Crippen LogP contribution in [0.15, 0.2) is 29.2 Å². The van der Waals surface area contributed by atoms with Gasteiger partial charge in [-0.2, -0.15) is 4.31 Å². The number of hydrogen-bond acceptors (Lipinski definition) is 6. The molecular formula is C11H14N2O6S. The highest BCUT2D eigenvalue weighted by Gasteiger charge is 2.24. The van der Waals surface area contributed by atoms with Gasteiger partial charge in [-0.15, -0.1) is 0 Å². The average Bonchev–Trinajstić information content (AvgIpc) is 2.38. The van der Waals surface area contributed by atoms with Gasteiger partial charge in [0.05, 0.1) is 16.4 Å². The van der Waals surface area contributed by atoms with Gasteiger partial charge in [0, 0.05) is 19.2 Å². The fourth-order valence-electron chi connectivity index (χ4n) is 1.39. The fraction of sp³-hybridized carbons (Fsp3) is 0.364. The van der Waals surface area contributed by atoms with Gasteiger partial charge >= 0.3 is 5.97 Å². The van der Waals surface area contributed by atoms with E-state index in [9.17, 15) is 23.3 Å². The number of carbonyl (C=O) groups excluding carboxylic acids is 1. The second-order valence-corrected chi connectivity index (χ2v) is 5.86. The number of ether oxygens (including phenoxy) is 1. The summed E-state index contributed by atoms with van der Waals surface area (Å²) in [6, 6.07) is 4.42. The second kappa shape index (κ2) is 6.44. The molecule has 9 heteroatoms. The highest BCUT2D eigenvalue weighted by atomic mass is 32.2. The normalized spacial score (nSPS) is 11.3. The first-order valence-corrected chi connectivity index (χ1v) is 7.09. The SMILES string of the molecule is CCOC(=O)CN(C)S(=O)(=O)c1ccc([N+](=O)[O-])cc1. The summed E-state index contributed by atoms with van der Waals surface area (Å²) in [7, 11) is -2.66. The number of hydrogen-bond donors (Lipinski definition) is 0. The lowest BCUT2D eigenvalue weighted by molar-refractivity contribution is -0.384. The van der Waals surface area contributed by atoms with Crippen LogP contribution in [0.1, 0.15) is 6.92 Å². The van der Waals surface area contributed by atoms with Crippen molar-refractivity contribution in [2.24, 2.45) is 0 Å². The first kappa shape index (κ1) is 16.1. The monoisotopic (exact) mass is 302 g/mol. The molecule has 1 rings (SSSR count). The predicted octanol–water partition coefficient (Wildman–Crippen LogP) is 0.778. The van der Waals surface area contributed by atoms with Crippen molar-refractivity contribution in [2.45, 2.75) is 11.8 Å². The lowest BCUT2D eigenvalue weighted by Crippen LogP contribution is -2.33. The largest absolute Gasteiger partial charge is 0.465 e. The predicted molar refractivity (Wildman–Crippen MR) is 69.5 cm³/mol. The third-order valence-corrected chi connectivity index (χ3v) is 4.23. The van der Waals surface area contributed by atoms with Gasteiger partial charge in [-0.25, -0.2) is 8.42 Å². The Labute approximate surface area is 116 Å². The van der Waals surface area contributed by atoms with Gasteiger partial charge in [-0.3, -0.25) is 14.9 Å². The molecule has 20 heavy (non-hydrogen) atoms. The molecule has 0 radical (unpaired) electrons. The molecule has 0 saturated carbocycles. The molecule has 0 aromatic heterocycles. The van der Waals surface area contributed by atoms with E-state index in [1.54, 1.807) is 6.92 Å². The first-order valence-electron chi connectivity index (χ1n) is 5.65. The summed E-state index contributed by atoms with van der Waals surface area (Å²) < 4.78 is 29.7. The van der Waals surface area contributed by atoms with E-state index in [1.807, 2.05) is 0 Å². The second-order valence-electron chi connectivity index (χ2n) is 3.82. The van der Waals surface area contributed by atoms with Crippen molar-refractivity contribution in [1.82, 2.24) is 4.31 Å². The standard InChI is InChI=1S/C11H14N2O6S/c1-3-19-11(14)8-12(2)20(17,18)10-6-4-9(5-7-10)13(15)16/h4-7H,3,8H2,1-2H3. The molecule has 0 unspecified atom stereocenters. The summed E-state index contributed by atoms with van der Waals surface area (Å²) in [5.74, 6) is -0.666. The zero-order chi connectivity index (χ0) is 15.3. The summed E-state index contributed by atoms with van der Waals surface area (Å²) in [5, 5.41) is 10.5. The number of benzene rings is 1. The Morgan fingerprint density at radius 2 is 1.90 bits per heavy atom. The van der Waals surface area contributed by atoms with E-state index in [-0.39, 0.29) is 17.2 Å². The van der Waals surface area contributed by atoms with Crippen LogP contribution in [-0.2, 0) is 19.6 Å². The molecule has 0 aliphatic heterocycles. The lowest BCUT2D eigenvalue weighted by Gasteiger charge is -2.15. The van der Waals surface area contributed by atoms with E-state index in [0.29, 0.717) is 0 Å². The molecule has 0 aliphatic carbocycles. The number of sulfonamides is 1. The van der Waals surface area contributed by atoms with Gasteiger partial charge in [0.15, 0.2) is 0 Å². The number of esters is 1. The molecule has 0 bridgehead atoms. The molecule has 0 saturated heterocycles. The number of nitrogens with zero attached hydrogens (tertiary/aromatic N) is 2. The maximum atomic E-state index is 12.1. The summed E-state index contributed by atoms with van der Waals surface area (Å²) in [5.41, 5.74) is -0.211. The van der Waals surface area contributed by atoms with E-state index in [0.717, 1.165) is 28.6 Å². The molecule has 0 heterocycles. The number of likely N-dealkylation sites (N-methyl/N-ethyl adjacent to an activating group) is 1. The van der Waals surface area contributed by atoms with Crippen molar-refractivity contribution in [3.63, 3.8) is 0 Å². The first-order chi connectivity index (χ1) is 9.28. The molecule has 110 valence electrons. The van der Waals surface area contributed by atoms with Crippen LogP contribution in [0, 0.1) is 10.1 Å². The quantitative estimate of drug-likeness (QED) is 0.436. The molecule has 0 N–H and O–H groups in total. The van der Waals surface area contributed by atoms with Gasteiger partial charge < -0.3 is 4.74 Å². The van der Waals surface area contributed by atoms with Crippen LogP contribution in [0.4, 0.5) is 5.69 Å². The highest BCUT2D eigenvalue weighted by Crippen LogP contribution is 2.18. The van der Waals surface area contributed by atoms with Crippen molar-refractivity contribution in [2.75, 3.05) is 20.2 Å². The molecule has 1 aromatic carbocycles. The van der Waals surface area contributed by atoms with Gasteiger partial charge in [0.2, 0.25) is 10.0 Å². The van der Waals surface area contributed by atoms with Crippen molar-refractivity contribution >= 4 is 21.7 Å². The number of nitro benzene ring substituents is 1. The topological polar surface area (TPSA) is 107 Å². The minimum atomic E-state index is -3.88. The third kappa shape index (κ3) is 3.75. The van der Waals surface area contributed by atoms with Crippen LogP contribution in [0.25, 0.3) is 0 Å². The highest BCUT2D eigenvalue weighted by molar-refractivity contribution is 7.89. The van der Waals surface area contributed by atoms with Crippen LogP contribution in [-0.4, -0.2) is 43.8 Å². The third-order valence-electron chi connectivity index (χ3n) is 2.41. The van der Waals surface area contributed by atoms with Crippen LogP contribution >= 0.6 is 0 Å². The van der Waals surface area contributed by atoms with Crippen LogP contribution in [0.2, 0.25) is 0 Å². The molecule has 0 fully saturated rings. The zero-order valence-electron chi connectivity index (χ0n) is 11.0.